The number of amides is 1. The van der Waals surface area contributed by atoms with Gasteiger partial charge in [-0.3, -0.25) is 9.36 Å². The molecule has 0 spiro atoms. The second kappa shape index (κ2) is 4.57. The maximum Gasteiger partial charge on any atom is 0.420 e. The Balaban J connectivity index is 1.95. The molecule has 0 radical (unpaired) electrons. The summed E-state index contributed by atoms with van der Waals surface area (Å²) in [5, 5.41) is 0. The van der Waals surface area contributed by atoms with E-state index in [0.717, 1.165) is 24.9 Å². The lowest BCUT2D eigenvalue weighted by atomic mass is 10.2. The van der Waals surface area contributed by atoms with Gasteiger partial charge in [0.2, 0.25) is 5.91 Å². The first-order valence-corrected chi connectivity index (χ1v) is 6.52. The molecule has 1 atom stereocenters. The van der Waals surface area contributed by atoms with E-state index in [1.807, 2.05) is 23.1 Å². The zero-order valence-electron chi connectivity index (χ0n) is 10.8. The normalized spacial score (nSPS) is 19.2. The van der Waals surface area contributed by atoms with Crippen molar-refractivity contribution in [1.82, 2.24) is 9.47 Å². The monoisotopic (exact) mass is 260 g/mol. The summed E-state index contributed by atoms with van der Waals surface area (Å²) in [6, 6.07) is 7.46. The third-order valence-corrected chi connectivity index (χ3v) is 3.75. The summed E-state index contributed by atoms with van der Waals surface area (Å²) in [5.41, 5.74) is 1.39. The van der Waals surface area contributed by atoms with E-state index in [0.29, 0.717) is 12.1 Å². The second-order valence-electron chi connectivity index (χ2n) is 4.95. The minimum atomic E-state index is -0.350. The fourth-order valence-electron chi connectivity index (χ4n) is 2.84. The molecule has 0 bridgehead atoms. The Labute approximate surface area is 110 Å². The third-order valence-electron chi connectivity index (χ3n) is 3.75. The Bertz CT molecular complexity index is 671. The number of carbonyl (C=O) groups is 1. The zero-order valence-corrected chi connectivity index (χ0v) is 10.8. The van der Waals surface area contributed by atoms with Gasteiger partial charge in [0.1, 0.15) is 0 Å². The van der Waals surface area contributed by atoms with Gasteiger partial charge in [-0.2, -0.15) is 0 Å². The highest BCUT2D eigenvalue weighted by molar-refractivity contribution is 5.74. The van der Waals surface area contributed by atoms with E-state index in [1.165, 1.54) is 0 Å². The van der Waals surface area contributed by atoms with Gasteiger partial charge in [-0.15, -0.1) is 0 Å². The van der Waals surface area contributed by atoms with Crippen molar-refractivity contribution in [3.63, 3.8) is 0 Å². The predicted molar refractivity (Wildman–Crippen MR) is 70.9 cm³/mol. The number of hydrogen-bond donors (Lipinski definition) is 0. The Morgan fingerprint density at radius 1 is 1.42 bits per heavy atom. The van der Waals surface area contributed by atoms with E-state index in [-0.39, 0.29) is 17.7 Å². The van der Waals surface area contributed by atoms with E-state index in [1.54, 1.807) is 17.6 Å². The van der Waals surface area contributed by atoms with Crippen LogP contribution in [-0.2, 0) is 11.3 Å². The largest absolute Gasteiger partial charge is 0.420 e. The predicted octanol–water partition coefficient (Wildman–Crippen LogP) is 1.61. The Hall–Kier alpha value is -2.04. The third kappa shape index (κ3) is 2.05. The number of oxazole rings is 1. The van der Waals surface area contributed by atoms with Crippen LogP contribution in [0.15, 0.2) is 33.5 Å². The molecule has 19 heavy (non-hydrogen) atoms. The molecule has 0 N–H and O–H groups in total. The summed E-state index contributed by atoms with van der Waals surface area (Å²) < 4.78 is 6.84. The summed E-state index contributed by atoms with van der Waals surface area (Å²) in [6.07, 6.45) is 1.93. The molecule has 2 heterocycles. The highest BCUT2D eigenvalue weighted by Gasteiger charge is 2.27. The highest BCUT2D eigenvalue weighted by atomic mass is 16.4. The van der Waals surface area contributed by atoms with Crippen molar-refractivity contribution >= 4 is 17.0 Å². The van der Waals surface area contributed by atoms with Crippen molar-refractivity contribution in [2.24, 2.45) is 0 Å². The van der Waals surface area contributed by atoms with Gasteiger partial charge in [-0.05, 0) is 25.0 Å². The van der Waals surface area contributed by atoms with E-state index < -0.39 is 0 Å². The molecule has 1 aliphatic heterocycles. The van der Waals surface area contributed by atoms with E-state index >= 15 is 0 Å². The Kier molecular flexibility index (Phi) is 2.89. The lowest BCUT2D eigenvalue weighted by molar-refractivity contribution is -0.129. The number of benzene rings is 1. The van der Waals surface area contributed by atoms with Crippen molar-refractivity contribution in [3.8, 4) is 0 Å². The Morgan fingerprint density at radius 3 is 3.00 bits per heavy atom. The van der Waals surface area contributed by atoms with Gasteiger partial charge < -0.3 is 9.32 Å². The van der Waals surface area contributed by atoms with E-state index in [2.05, 4.69) is 0 Å². The van der Waals surface area contributed by atoms with E-state index in [9.17, 15) is 9.59 Å². The van der Waals surface area contributed by atoms with Crippen LogP contribution in [0.2, 0.25) is 0 Å². The van der Waals surface area contributed by atoms with Gasteiger partial charge in [0, 0.05) is 26.1 Å². The van der Waals surface area contributed by atoms with Crippen LogP contribution in [-0.4, -0.2) is 28.0 Å². The zero-order chi connectivity index (χ0) is 13.4. The second-order valence-corrected chi connectivity index (χ2v) is 4.95. The first-order chi connectivity index (χ1) is 9.16. The molecular formula is C14H16N2O3. The number of likely N-dealkylation sites (tertiary alicyclic amines) is 1. The number of fused-ring (bicyclic) bond motifs is 1. The van der Waals surface area contributed by atoms with Crippen LogP contribution in [0.4, 0.5) is 0 Å². The topological polar surface area (TPSA) is 55.5 Å². The summed E-state index contributed by atoms with van der Waals surface area (Å²) in [5.74, 6) is -0.278. The van der Waals surface area contributed by atoms with Crippen molar-refractivity contribution < 1.29 is 9.21 Å². The first kappa shape index (κ1) is 12.0. The lowest BCUT2D eigenvalue weighted by Crippen LogP contribution is -2.38. The minimum Gasteiger partial charge on any atom is -0.408 e. The van der Waals surface area contributed by atoms with Crippen LogP contribution in [0.3, 0.4) is 0 Å². The van der Waals surface area contributed by atoms with Crippen LogP contribution >= 0.6 is 0 Å². The van der Waals surface area contributed by atoms with Crippen LogP contribution in [0, 0.1) is 0 Å². The molecule has 0 aliphatic carbocycles. The summed E-state index contributed by atoms with van der Waals surface area (Å²) >= 11 is 0. The van der Waals surface area contributed by atoms with Crippen LogP contribution in [0.25, 0.3) is 11.1 Å². The van der Waals surface area contributed by atoms with Crippen molar-refractivity contribution in [2.75, 3.05) is 6.54 Å². The molecule has 1 amide bonds. The quantitative estimate of drug-likeness (QED) is 0.824. The molecule has 100 valence electrons. The van der Waals surface area contributed by atoms with Crippen molar-refractivity contribution in [3.05, 3.63) is 34.8 Å². The summed E-state index contributed by atoms with van der Waals surface area (Å²) in [7, 11) is 0. The van der Waals surface area contributed by atoms with Gasteiger partial charge in [-0.1, -0.05) is 12.1 Å². The molecule has 5 heteroatoms. The molecule has 3 rings (SSSR count). The standard InChI is InChI=1S/C14H16N2O3/c1-10(17)15-8-4-5-11(15)9-16-12-6-2-3-7-13(12)19-14(16)18/h2-3,6-7,11H,4-5,8-9H2,1H3/t11-/m1/s1. The minimum absolute atomic E-state index is 0.0725. The molecule has 2 aromatic rings. The average molecular weight is 260 g/mol. The van der Waals surface area contributed by atoms with Gasteiger partial charge in [0.25, 0.3) is 0 Å². The Morgan fingerprint density at radius 2 is 2.21 bits per heavy atom. The average Bonchev–Trinajstić information content (AvgIpc) is 2.96. The maximum absolute atomic E-state index is 11.9. The van der Waals surface area contributed by atoms with Crippen LogP contribution in [0.5, 0.6) is 0 Å². The summed E-state index contributed by atoms with van der Waals surface area (Å²) in [4.78, 5) is 25.3. The smallest absolute Gasteiger partial charge is 0.408 e. The van der Waals surface area contributed by atoms with Crippen LogP contribution < -0.4 is 5.76 Å². The van der Waals surface area contributed by atoms with Crippen LogP contribution in [0.1, 0.15) is 19.8 Å². The fourth-order valence-corrected chi connectivity index (χ4v) is 2.84. The first-order valence-electron chi connectivity index (χ1n) is 6.52. The van der Waals surface area contributed by atoms with Gasteiger partial charge in [0.15, 0.2) is 5.58 Å². The van der Waals surface area contributed by atoms with E-state index in [4.69, 9.17) is 4.42 Å². The van der Waals surface area contributed by atoms with Crippen molar-refractivity contribution in [2.45, 2.75) is 32.4 Å². The molecule has 1 saturated heterocycles. The van der Waals surface area contributed by atoms with Gasteiger partial charge in [0.05, 0.1) is 5.52 Å². The number of para-hydroxylation sites is 2. The molecule has 1 aliphatic rings. The number of aromatic nitrogens is 1. The molecule has 0 unspecified atom stereocenters. The molecular weight excluding hydrogens is 244 g/mol. The number of hydrogen-bond acceptors (Lipinski definition) is 3. The molecule has 1 aromatic heterocycles. The number of rotatable bonds is 2. The molecule has 1 aromatic carbocycles. The number of nitrogens with zero attached hydrogens (tertiary/aromatic N) is 2. The summed E-state index contributed by atoms with van der Waals surface area (Å²) in [6.45, 7) is 2.87. The molecule has 1 fully saturated rings. The SMILES string of the molecule is CC(=O)N1CCC[C@@H]1Cn1c(=O)oc2ccccc21. The van der Waals surface area contributed by atoms with Crippen molar-refractivity contribution in [1.29, 1.82) is 0 Å². The van der Waals surface area contributed by atoms with Gasteiger partial charge in [-0.25, -0.2) is 4.79 Å². The lowest BCUT2D eigenvalue weighted by Gasteiger charge is -2.23. The highest BCUT2D eigenvalue weighted by Crippen LogP contribution is 2.20. The van der Waals surface area contributed by atoms with Gasteiger partial charge >= 0.3 is 5.76 Å². The number of carbonyl (C=O) groups excluding carboxylic acids is 1. The molecule has 0 saturated carbocycles. The molecule has 5 nitrogen and oxygen atoms in total. The maximum atomic E-state index is 11.9. The fraction of sp³-hybridized carbons (Fsp3) is 0.429.